The van der Waals surface area contributed by atoms with Crippen LogP contribution in [-0.2, 0) is 21.6 Å². The Bertz CT molecular complexity index is 227. The number of hydrogen-bond donors (Lipinski definition) is 0. The molecule has 16 heavy (non-hydrogen) atoms. The van der Waals surface area contributed by atoms with Crippen LogP contribution < -0.4 is 0 Å². The molecule has 0 spiro atoms. The Morgan fingerprint density at radius 2 is 1.62 bits per heavy atom. The zero-order chi connectivity index (χ0) is 12.8. The summed E-state index contributed by atoms with van der Waals surface area (Å²) in [7, 11) is -5.83. The summed E-state index contributed by atoms with van der Waals surface area (Å²) in [6.07, 6.45) is 0. The van der Waals surface area contributed by atoms with E-state index in [1.807, 2.05) is 13.1 Å². The molecule has 0 amide bonds. The van der Waals surface area contributed by atoms with Crippen molar-refractivity contribution >= 4 is 42.9 Å². The normalized spacial score (nSPS) is 14.1. The molecule has 0 fully saturated rings. The summed E-state index contributed by atoms with van der Waals surface area (Å²) in [5.41, 5.74) is 0. The Hall–Kier alpha value is 0.218. The van der Waals surface area contributed by atoms with Crippen LogP contribution in [0.2, 0.25) is 32.7 Å². The molecule has 0 saturated carbocycles. The van der Waals surface area contributed by atoms with E-state index in [-0.39, 0.29) is 5.97 Å². The second kappa shape index (κ2) is 6.83. The van der Waals surface area contributed by atoms with Crippen molar-refractivity contribution in [3.8, 4) is 0 Å². The first-order chi connectivity index (χ1) is 7.12. The summed E-state index contributed by atoms with van der Waals surface area (Å²) < 4.78 is 21.7. The highest BCUT2D eigenvalue weighted by Gasteiger charge is 2.31. The van der Waals surface area contributed by atoms with Gasteiger partial charge in [0.15, 0.2) is 8.32 Å². The molecule has 96 valence electrons. The molecule has 0 rings (SSSR count). The average molecular weight is 299 g/mol. The van der Waals surface area contributed by atoms with E-state index in [0.717, 1.165) is 0 Å². The molecule has 0 heterocycles. The van der Waals surface area contributed by atoms with E-state index in [2.05, 4.69) is 19.6 Å². The molecule has 5 nitrogen and oxygen atoms in total. The van der Waals surface area contributed by atoms with Gasteiger partial charge in [-0.2, -0.15) is 0 Å². The maximum Gasteiger partial charge on any atom is 0.360 e. The number of carbonyl (C=O) groups is 1. The van der Waals surface area contributed by atoms with Crippen molar-refractivity contribution in [2.45, 2.75) is 39.7 Å². The molecular weight excluding hydrogens is 276 g/mol. The van der Waals surface area contributed by atoms with Crippen molar-refractivity contribution in [2.24, 2.45) is 0 Å². The summed E-state index contributed by atoms with van der Waals surface area (Å²) in [5, 5.41) is 0. The molecule has 0 aliphatic heterocycles. The highest BCUT2D eigenvalue weighted by Crippen LogP contribution is 2.14. The molecule has 0 N–H and O–H groups in total. The Morgan fingerprint density at radius 1 is 1.06 bits per heavy atom. The SMILES string of the molecule is CC(=O)O[SiH2]O[SiH2]O[Si](C)(C)O[Si](C)(C)C. The first-order valence-electron chi connectivity index (χ1n) is 5.18. The van der Waals surface area contributed by atoms with Crippen molar-refractivity contribution in [2.75, 3.05) is 0 Å². The first-order valence-corrected chi connectivity index (χ1v) is 13.7. The van der Waals surface area contributed by atoms with Crippen LogP contribution in [-0.4, -0.2) is 42.9 Å². The van der Waals surface area contributed by atoms with Crippen molar-refractivity contribution in [1.29, 1.82) is 0 Å². The largest absolute Gasteiger partial charge is 0.500 e. The van der Waals surface area contributed by atoms with E-state index in [9.17, 15) is 4.79 Å². The van der Waals surface area contributed by atoms with Crippen LogP contribution in [0, 0.1) is 0 Å². The molecule has 0 aromatic heterocycles. The van der Waals surface area contributed by atoms with Gasteiger partial charge >= 0.3 is 18.6 Å². The minimum atomic E-state index is -2.04. The zero-order valence-corrected chi connectivity index (χ0v) is 15.8. The van der Waals surface area contributed by atoms with Gasteiger partial charge in [-0.05, 0) is 32.7 Å². The van der Waals surface area contributed by atoms with Gasteiger partial charge in [-0.15, -0.1) is 0 Å². The summed E-state index contributed by atoms with van der Waals surface area (Å²) in [6, 6.07) is 0. The van der Waals surface area contributed by atoms with Crippen LogP contribution in [0.1, 0.15) is 6.92 Å². The summed E-state index contributed by atoms with van der Waals surface area (Å²) >= 11 is 0. The van der Waals surface area contributed by atoms with Gasteiger partial charge in [-0.25, -0.2) is 0 Å². The predicted octanol–water partition coefficient (Wildman–Crippen LogP) is 0.134. The van der Waals surface area contributed by atoms with E-state index >= 15 is 0 Å². The van der Waals surface area contributed by atoms with Crippen LogP contribution in [0.15, 0.2) is 0 Å². The second-order valence-electron chi connectivity index (χ2n) is 4.83. The molecule has 0 atom stereocenters. The molecule has 0 aromatic carbocycles. The Balaban J connectivity index is 3.70. The second-order valence-corrected chi connectivity index (χ2v) is 16.2. The minimum Gasteiger partial charge on any atom is -0.500 e. The van der Waals surface area contributed by atoms with Crippen molar-refractivity contribution in [3.05, 3.63) is 0 Å². The molecule has 0 aromatic rings. The van der Waals surface area contributed by atoms with Crippen molar-refractivity contribution in [1.82, 2.24) is 0 Å². The molecule has 9 heteroatoms. The van der Waals surface area contributed by atoms with Crippen LogP contribution in [0.3, 0.4) is 0 Å². The molecule has 0 aliphatic carbocycles. The summed E-state index contributed by atoms with van der Waals surface area (Å²) in [5.74, 6) is -0.282. The van der Waals surface area contributed by atoms with Gasteiger partial charge in [0.05, 0.1) is 0 Å². The quantitative estimate of drug-likeness (QED) is 0.494. The predicted molar refractivity (Wildman–Crippen MR) is 72.9 cm³/mol. The monoisotopic (exact) mass is 298 g/mol. The van der Waals surface area contributed by atoms with Crippen molar-refractivity contribution in [3.63, 3.8) is 0 Å². The lowest BCUT2D eigenvalue weighted by Crippen LogP contribution is -2.46. The highest BCUT2D eigenvalue weighted by molar-refractivity contribution is 6.82. The molecule has 0 saturated heterocycles. The van der Waals surface area contributed by atoms with E-state index in [1.165, 1.54) is 6.92 Å². The lowest BCUT2D eigenvalue weighted by atomic mass is 10.9. The summed E-state index contributed by atoms with van der Waals surface area (Å²) in [6.45, 7) is 11.8. The smallest absolute Gasteiger partial charge is 0.360 e. The molecule has 0 bridgehead atoms. The van der Waals surface area contributed by atoms with Gasteiger partial charge in [-0.1, -0.05) is 0 Å². The Kier molecular flexibility index (Phi) is 6.93. The van der Waals surface area contributed by atoms with E-state index in [0.29, 0.717) is 0 Å². The van der Waals surface area contributed by atoms with Crippen LogP contribution in [0.25, 0.3) is 0 Å². The van der Waals surface area contributed by atoms with Crippen LogP contribution >= 0.6 is 0 Å². The minimum absolute atomic E-state index is 0.282. The third-order valence-electron chi connectivity index (χ3n) is 1.39. The number of hydrogen-bond acceptors (Lipinski definition) is 5. The maximum absolute atomic E-state index is 10.5. The van der Waals surface area contributed by atoms with E-state index in [1.54, 1.807) is 0 Å². The van der Waals surface area contributed by atoms with E-state index in [4.69, 9.17) is 16.8 Å². The fourth-order valence-corrected chi connectivity index (χ4v) is 10.8. The third-order valence-corrected chi connectivity index (χ3v) is 10.9. The van der Waals surface area contributed by atoms with Crippen LogP contribution in [0.4, 0.5) is 0 Å². The Labute approximate surface area is 104 Å². The Morgan fingerprint density at radius 3 is 2.06 bits per heavy atom. The number of carbonyl (C=O) groups excluding carboxylic acids is 1. The number of rotatable bonds is 7. The molecular formula is C7H22O5Si4. The molecule has 0 aliphatic rings. The van der Waals surface area contributed by atoms with Gasteiger partial charge < -0.3 is 16.8 Å². The van der Waals surface area contributed by atoms with Gasteiger partial charge in [0, 0.05) is 6.92 Å². The fourth-order valence-electron chi connectivity index (χ4n) is 1.11. The van der Waals surface area contributed by atoms with Gasteiger partial charge in [0.25, 0.3) is 16.0 Å². The average Bonchev–Trinajstić information content (AvgIpc) is 1.97. The summed E-state index contributed by atoms with van der Waals surface area (Å²) in [4.78, 5) is 10.5. The lowest BCUT2D eigenvalue weighted by molar-refractivity contribution is -0.132. The van der Waals surface area contributed by atoms with Crippen molar-refractivity contribution < 1.29 is 21.6 Å². The third kappa shape index (κ3) is 10.7. The van der Waals surface area contributed by atoms with E-state index < -0.39 is 36.9 Å². The van der Waals surface area contributed by atoms with Gasteiger partial charge in [0.2, 0.25) is 0 Å². The highest BCUT2D eigenvalue weighted by atomic mass is 28.5. The first kappa shape index (κ1) is 16.2. The lowest BCUT2D eigenvalue weighted by Gasteiger charge is -2.30. The zero-order valence-electron chi connectivity index (χ0n) is 11.0. The maximum atomic E-state index is 10.5. The fraction of sp³-hybridized carbons (Fsp3) is 0.857. The van der Waals surface area contributed by atoms with Gasteiger partial charge in [-0.3, -0.25) is 4.79 Å². The molecule has 0 radical (unpaired) electrons. The molecule has 0 unspecified atom stereocenters. The topological polar surface area (TPSA) is 54.0 Å². The standard InChI is InChI=1S/C7H22O5Si4/c1-7(8)9-13-10-14-11-16(5,6)12-15(2,3)4/h13-14H2,1-6H3. The van der Waals surface area contributed by atoms with Gasteiger partial charge in [0.1, 0.15) is 0 Å². The van der Waals surface area contributed by atoms with Crippen LogP contribution in [0.5, 0.6) is 0 Å².